The lowest BCUT2D eigenvalue weighted by Gasteiger charge is -2.19. The van der Waals surface area contributed by atoms with Crippen LogP contribution in [0.15, 0.2) is 36.7 Å². The predicted molar refractivity (Wildman–Crippen MR) is 139 cm³/mol. The van der Waals surface area contributed by atoms with Gasteiger partial charge < -0.3 is 14.8 Å². The number of hydrogen-bond acceptors (Lipinski definition) is 8. The molecule has 1 unspecified atom stereocenters. The van der Waals surface area contributed by atoms with E-state index in [2.05, 4.69) is 15.3 Å². The number of nitrogens with one attached hydrogen (secondary N) is 1. The average Bonchev–Trinajstić information content (AvgIpc) is 2.92. The van der Waals surface area contributed by atoms with Crippen molar-refractivity contribution in [3.05, 3.63) is 48.0 Å². The summed E-state index contributed by atoms with van der Waals surface area (Å²) in [5.41, 5.74) is 2.18. The molecule has 0 aliphatic carbocycles. The Morgan fingerprint density at radius 1 is 0.811 bits per heavy atom. The first-order chi connectivity index (χ1) is 17.7. The van der Waals surface area contributed by atoms with E-state index < -0.39 is 11.9 Å². The van der Waals surface area contributed by atoms with Crippen LogP contribution in [-0.2, 0) is 19.1 Å². The van der Waals surface area contributed by atoms with Crippen LogP contribution in [0.5, 0.6) is 0 Å². The number of carbonyl (C=O) groups excluding carboxylic acids is 4. The van der Waals surface area contributed by atoms with Crippen molar-refractivity contribution in [2.24, 2.45) is 5.92 Å². The number of amides is 1. The quantitative estimate of drug-likeness (QED) is 0.251. The number of nitrogens with zero attached hydrogens (tertiary/aromatic N) is 2. The zero-order chi connectivity index (χ0) is 27.2. The molecule has 2 aromatic heterocycles. The average molecular weight is 512 g/mol. The molecule has 1 N–H and O–H groups in total. The topological polar surface area (TPSA) is 125 Å². The Kier molecular flexibility index (Phi) is 12.7. The lowest BCUT2D eigenvalue weighted by Crippen LogP contribution is -2.42. The molecule has 200 valence electrons. The molecule has 1 atom stereocenters. The minimum atomic E-state index is -0.479. The van der Waals surface area contributed by atoms with Crippen LogP contribution in [0.25, 0.3) is 11.1 Å². The monoisotopic (exact) mass is 511 g/mol. The number of rotatable bonds is 17. The number of ether oxygens (including phenoxy) is 2. The molecular formula is C28H37N3O6. The molecule has 1 amide bonds. The van der Waals surface area contributed by atoms with Crippen LogP contribution in [0, 0.1) is 5.92 Å². The van der Waals surface area contributed by atoms with E-state index in [1.54, 1.807) is 50.5 Å². The number of aromatic nitrogens is 2. The Balaban J connectivity index is 1.97. The lowest BCUT2D eigenvalue weighted by atomic mass is 10.1. The Labute approximate surface area is 218 Å². The molecule has 0 saturated carbocycles. The number of carbonyl (C=O) groups is 4. The third kappa shape index (κ3) is 10.3. The van der Waals surface area contributed by atoms with Crippen molar-refractivity contribution in [2.45, 2.75) is 59.4 Å². The Morgan fingerprint density at radius 2 is 1.38 bits per heavy atom. The van der Waals surface area contributed by atoms with Gasteiger partial charge in [0.25, 0.3) is 5.91 Å². The molecule has 0 fully saturated rings. The fourth-order valence-electron chi connectivity index (χ4n) is 3.28. The van der Waals surface area contributed by atoms with Crippen LogP contribution in [-0.4, -0.2) is 65.7 Å². The summed E-state index contributed by atoms with van der Waals surface area (Å²) >= 11 is 0. The van der Waals surface area contributed by atoms with Gasteiger partial charge in [0.05, 0.1) is 32.5 Å². The maximum Gasteiger partial charge on any atom is 0.270 e. The Morgan fingerprint density at radius 3 is 1.86 bits per heavy atom. The molecule has 9 nitrogen and oxygen atoms in total. The summed E-state index contributed by atoms with van der Waals surface area (Å²) in [5.74, 6) is -0.257. The first-order valence-corrected chi connectivity index (χ1v) is 12.7. The SMILES string of the molecule is CCC(=O)CCOCC(COCCC(=O)C(C)C)NC(=O)c1ccc(-c2ccc(C(=O)CC)nc2)cn1. The van der Waals surface area contributed by atoms with Gasteiger partial charge in [-0.15, -0.1) is 0 Å². The highest BCUT2D eigenvalue weighted by molar-refractivity contribution is 5.94. The maximum absolute atomic E-state index is 12.8. The van der Waals surface area contributed by atoms with Gasteiger partial charge in [0.2, 0.25) is 0 Å². The van der Waals surface area contributed by atoms with Gasteiger partial charge >= 0.3 is 0 Å². The smallest absolute Gasteiger partial charge is 0.270 e. The molecule has 2 rings (SSSR count). The molecule has 9 heteroatoms. The van der Waals surface area contributed by atoms with Crippen LogP contribution < -0.4 is 5.32 Å². The van der Waals surface area contributed by atoms with Crippen LogP contribution in [0.4, 0.5) is 0 Å². The van der Waals surface area contributed by atoms with Crippen molar-refractivity contribution in [1.29, 1.82) is 0 Å². The van der Waals surface area contributed by atoms with Gasteiger partial charge in [0, 0.05) is 55.1 Å². The first-order valence-electron chi connectivity index (χ1n) is 12.7. The molecular weight excluding hydrogens is 474 g/mol. The van der Waals surface area contributed by atoms with Crippen molar-refractivity contribution in [1.82, 2.24) is 15.3 Å². The van der Waals surface area contributed by atoms with Gasteiger partial charge in [-0.1, -0.05) is 39.8 Å². The molecule has 2 aromatic rings. The summed E-state index contributed by atoms with van der Waals surface area (Å²) in [6.45, 7) is 8.10. The second kappa shape index (κ2) is 15.7. The molecule has 0 aliphatic heterocycles. The summed E-state index contributed by atoms with van der Waals surface area (Å²) in [6.07, 6.45) is 4.64. The molecule has 0 saturated heterocycles. The standard InChI is InChI=1S/C28H37N3O6/c1-5-23(32)11-13-36-17-22(18-37-14-12-27(34)19(3)4)31-28(35)25-10-8-21(16-30-25)20-7-9-24(29-15-20)26(33)6-2/h7-10,15-16,19,22H,5-6,11-14,17-18H2,1-4H3,(H,31,35). The van der Waals surface area contributed by atoms with Crippen LogP contribution in [0.2, 0.25) is 0 Å². The summed E-state index contributed by atoms with van der Waals surface area (Å²) in [5, 5.41) is 2.86. The summed E-state index contributed by atoms with van der Waals surface area (Å²) in [7, 11) is 0. The van der Waals surface area contributed by atoms with Crippen LogP contribution >= 0.6 is 0 Å². The van der Waals surface area contributed by atoms with Crippen molar-refractivity contribution >= 4 is 23.3 Å². The molecule has 0 bridgehead atoms. The lowest BCUT2D eigenvalue weighted by molar-refractivity contribution is -0.123. The summed E-state index contributed by atoms with van der Waals surface area (Å²) in [4.78, 5) is 56.4. The number of pyridine rings is 2. The fourth-order valence-corrected chi connectivity index (χ4v) is 3.28. The zero-order valence-corrected chi connectivity index (χ0v) is 22.1. The number of Topliss-reactive ketones (excluding diaryl/α,β-unsaturated/α-hetero) is 3. The van der Waals surface area contributed by atoms with Gasteiger partial charge in [-0.2, -0.15) is 0 Å². The maximum atomic E-state index is 12.8. The second-order valence-electron chi connectivity index (χ2n) is 8.97. The molecule has 2 heterocycles. The first kappa shape index (κ1) is 29.9. The molecule has 0 spiro atoms. The molecule has 0 aliphatic rings. The third-order valence-electron chi connectivity index (χ3n) is 5.73. The highest BCUT2D eigenvalue weighted by Crippen LogP contribution is 2.18. The van der Waals surface area contributed by atoms with E-state index in [0.717, 1.165) is 11.1 Å². The van der Waals surface area contributed by atoms with Gasteiger partial charge in [-0.05, 0) is 12.1 Å². The third-order valence-corrected chi connectivity index (χ3v) is 5.73. The van der Waals surface area contributed by atoms with E-state index in [0.29, 0.717) is 31.4 Å². The summed E-state index contributed by atoms with van der Waals surface area (Å²) < 4.78 is 11.2. The van der Waals surface area contributed by atoms with Gasteiger partial charge in [0.1, 0.15) is 23.0 Å². The predicted octanol–water partition coefficient (Wildman–Crippen LogP) is 3.85. The van der Waals surface area contributed by atoms with E-state index in [-0.39, 0.29) is 55.4 Å². The highest BCUT2D eigenvalue weighted by Gasteiger charge is 2.17. The Hall–Kier alpha value is -3.30. The molecule has 37 heavy (non-hydrogen) atoms. The van der Waals surface area contributed by atoms with E-state index in [1.165, 1.54) is 0 Å². The fraction of sp³-hybridized carbons (Fsp3) is 0.500. The Bertz CT molecular complexity index is 1030. The summed E-state index contributed by atoms with van der Waals surface area (Å²) in [6, 6.07) is 6.36. The van der Waals surface area contributed by atoms with Crippen LogP contribution in [0.3, 0.4) is 0 Å². The molecule has 0 aromatic carbocycles. The second-order valence-corrected chi connectivity index (χ2v) is 8.97. The van der Waals surface area contributed by atoms with Crippen molar-refractivity contribution in [3.8, 4) is 11.1 Å². The number of hydrogen-bond donors (Lipinski definition) is 1. The number of ketones is 3. The van der Waals surface area contributed by atoms with Crippen molar-refractivity contribution in [2.75, 3.05) is 26.4 Å². The minimum Gasteiger partial charge on any atom is -0.379 e. The highest BCUT2D eigenvalue weighted by atomic mass is 16.5. The normalized spacial score (nSPS) is 11.8. The largest absolute Gasteiger partial charge is 0.379 e. The zero-order valence-electron chi connectivity index (χ0n) is 22.1. The van der Waals surface area contributed by atoms with Gasteiger partial charge in [0.15, 0.2) is 5.78 Å². The van der Waals surface area contributed by atoms with Crippen molar-refractivity contribution in [3.63, 3.8) is 0 Å². The van der Waals surface area contributed by atoms with Gasteiger partial charge in [-0.25, -0.2) is 0 Å². The molecule has 0 radical (unpaired) electrons. The van der Waals surface area contributed by atoms with E-state index in [1.807, 2.05) is 13.8 Å². The van der Waals surface area contributed by atoms with E-state index in [4.69, 9.17) is 9.47 Å². The minimum absolute atomic E-state index is 0.0253. The van der Waals surface area contributed by atoms with Crippen LogP contribution in [0.1, 0.15) is 74.4 Å². The van der Waals surface area contributed by atoms with E-state index in [9.17, 15) is 19.2 Å². The van der Waals surface area contributed by atoms with E-state index >= 15 is 0 Å². The van der Waals surface area contributed by atoms with Crippen molar-refractivity contribution < 1.29 is 28.7 Å². The van der Waals surface area contributed by atoms with Gasteiger partial charge in [-0.3, -0.25) is 29.1 Å².